The van der Waals surface area contributed by atoms with Crippen LogP contribution in [0.3, 0.4) is 0 Å². The van der Waals surface area contributed by atoms with Crippen LogP contribution in [0.15, 0.2) is 66.9 Å². The highest BCUT2D eigenvalue weighted by molar-refractivity contribution is 5.88. The number of carbonyl (C=O) groups is 1. The number of nitrogens with zero attached hydrogens (tertiary/aromatic N) is 2. The highest BCUT2D eigenvalue weighted by atomic mass is 19.1. The zero-order valence-corrected chi connectivity index (χ0v) is 16.7. The normalized spacial score (nSPS) is 15.4. The van der Waals surface area contributed by atoms with Gasteiger partial charge in [0.15, 0.2) is 5.69 Å². The van der Waals surface area contributed by atoms with E-state index in [-0.39, 0.29) is 18.9 Å². The van der Waals surface area contributed by atoms with Gasteiger partial charge in [0.05, 0.1) is 6.61 Å². The largest absolute Gasteiger partial charge is 0.460 e. The van der Waals surface area contributed by atoms with Crippen LogP contribution in [0.4, 0.5) is 4.39 Å². The molecule has 5 rings (SSSR count). The van der Waals surface area contributed by atoms with E-state index in [4.69, 9.17) is 14.2 Å². The van der Waals surface area contributed by atoms with Gasteiger partial charge in [0.2, 0.25) is 6.29 Å². The van der Waals surface area contributed by atoms with Gasteiger partial charge in [-0.1, -0.05) is 36.4 Å². The first kappa shape index (κ1) is 19.3. The number of hydrogen-bond acceptors (Lipinski definition) is 5. The summed E-state index contributed by atoms with van der Waals surface area (Å²) in [7, 11) is 0. The standard InChI is InChI=1S/C24H19FN2O4/c1-15-6-5-9-21-26-20(12-27(15)21)23(28)29-13-17-10-19(25)11-18-14-30-24(31-22(17)18)16-7-3-2-4-8-16/h2-12,24H,13-14H2,1H3. The molecule has 0 spiro atoms. The molecule has 0 N–H and O–H groups in total. The highest BCUT2D eigenvalue weighted by Gasteiger charge is 2.26. The van der Waals surface area contributed by atoms with Crippen LogP contribution < -0.4 is 4.74 Å². The van der Waals surface area contributed by atoms with Gasteiger partial charge in [-0.2, -0.15) is 0 Å². The first-order valence-electron chi connectivity index (χ1n) is 9.85. The molecular formula is C24H19FN2O4. The number of rotatable bonds is 4. The van der Waals surface area contributed by atoms with E-state index in [0.29, 0.717) is 22.5 Å². The molecule has 0 saturated heterocycles. The zero-order valence-electron chi connectivity index (χ0n) is 16.7. The number of carbonyl (C=O) groups excluding carboxylic acids is 1. The van der Waals surface area contributed by atoms with Crippen LogP contribution in [0, 0.1) is 12.7 Å². The van der Waals surface area contributed by atoms with Crippen molar-refractivity contribution in [3.63, 3.8) is 0 Å². The average molecular weight is 418 g/mol. The lowest BCUT2D eigenvalue weighted by atomic mass is 10.1. The third-order valence-corrected chi connectivity index (χ3v) is 5.16. The minimum atomic E-state index is -0.616. The van der Waals surface area contributed by atoms with Gasteiger partial charge in [0.25, 0.3) is 0 Å². The number of benzene rings is 2. The van der Waals surface area contributed by atoms with E-state index in [1.807, 2.05) is 59.9 Å². The smallest absolute Gasteiger partial charge is 0.358 e. The lowest BCUT2D eigenvalue weighted by Gasteiger charge is -2.28. The Labute approximate surface area is 177 Å². The third kappa shape index (κ3) is 3.75. The van der Waals surface area contributed by atoms with Crippen LogP contribution >= 0.6 is 0 Å². The predicted octanol–water partition coefficient (Wildman–Crippen LogP) is 4.75. The monoisotopic (exact) mass is 418 g/mol. The number of pyridine rings is 1. The van der Waals surface area contributed by atoms with Crippen molar-refractivity contribution in [2.45, 2.75) is 26.4 Å². The maximum Gasteiger partial charge on any atom is 0.358 e. The fourth-order valence-electron chi connectivity index (χ4n) is 3.62. The van der Waals surface area contributed by atoms with Gasteiger partial charge in [-0.3, -0.25) is 0 Å². The molecule has 2 aromatic heterocycles. The Balaban J connectivity index is 1.37. The number of imidazole rings is 1. The molecule has 156 valence electrons. The lowest BCUT2D eigenvalue weighted by Crippen LogP contribution is -2.20. The Morgan fingerprint density at radius 1 is 1.19 bits per heavy atom. The third-order valence-electron chi connectivity index (χ3n) is 5.16. The molecule has 0 amide bonds. The molecule has 4 aromatic rings. The van der Waals surface area contributed by atoms with Crippen LogP contribution in [0.5, 0.6) is 5.75 Å². The summed E-state index contributed by atoms with van der Waals surface area (Å²) >= 11 is 0. The molecule has 1 atom stereocenters. The fourth-order valence-corrected chi connectivity index (χ4v) is 3.62. The second-order valence-electron chi connectivity index (χ2n) is 7.32. The SMILES string of the molecule is Cc1cccc2nc(C(=O)OCc3cc(F)cc4c3OC(c3ccccc3)OC4)cn12. The molecule has 0 saturated carbocycles. The minimum Gasteiger partial charge on any atom is -0.460 e. The molecule has 1 aliphatic rings. The number of aryl methyl sites for hydroxylation is 1. The Morgan fingerprint density at radius 3 is 2.84 bits per heavy atom. The van der Waals surface area contributed by atoms with E-state index in [0.717, 1.165) is 11.3 Å². The summed E-state index contributed by atoms with van der Waals surface area (Å²) in [5.41, 5.74) is 3.64. The van der Waals surface area contributed by atoms with Crippen LogP contribution in [0.1, 0.15) is 39.2 Å². The first-order chi connectivity index (χ1) is 15.1. The topological polar surface area (TPSA) is 62.1 Å². The second kappa shape index (κ2) is 7.85. The van der Waals surface area contributed by atoms with Gasteiger partial charge < -0.3 is 18.6 Å². The number of halogens is 1. The molecule has 3 heterocycles. The van der Waals surface area contributed by atoms with Gasteiger partial charge >= 0.3 is 5.97 Å². The van der Waals surface area contributed by atoms with E-state index >= 15 is 0 Å². The van der Waals surface area contributed by atoms with E-state index in [9.17, 15) is 9.18 Å². The summed E-state index contributed by atoms with van der Waals surface area (Å²) in [5.74, 6) is -0.563. The van der Waals surface area contributed by atoms with Crippen molar-refractivity contribution in [1.29, 1.82) is 0 Å². The molecule has 0 fully saturated rings. The van der Waals surface area contributed by atoms with Crippen molar-refractivity contribution in [3.05, 3.63) is 101 Å². The number of hydrogen-bond donors (Lipinski definition) is 0. The van der Waals surface area contributed by atoms with Crippen molar-refractivity contribution in [1.82, 2.24) is 9.38 Å². The molecule has 0 aliphatic carbocycles. The second-order valence-corrected chi connectivity index (χ2v) is 7.32. The van der Waals surface area contributed by atoms with Crippen LogP contribution in [0.25, 0.3) is 5.65 Å². The fraction of sp³-hybridized carbons (Fsp3) is 0.167. The Kier molecular flexibility index (Phi) is 4.88. The molecule has 2 aromatic carbocycles. The maximum atomic E-state index is 14.1. The quantitative estimate of drug-likeness (QED) is 0.448. The summed E-state index contributed by atoms with van der Waals surface area (Å²) in [6.45, 7) is 1.97. The Hall–Kier alpha value is -3.71. The summed E-state index contributed by atoms with van der Waals surface area (Å²) in [6, 6.07) is 17.8. The van der Waals surface area contributed by atoms with E-state index in [2.05, 4.69) is 4.98 Å². The van der Waals surface area contributed by atoms with Crippen LogP contribution in [0.2, 0.25) is 0 Å². The first-order valence-corrected chi connectivity index (χ1v) is 9.85. The molecule has 6 nitrogen and oxygen atoms in total. The summed E-state index contributed by atoms with van der Waals surface area (Å²) in [6.07, 6.45) is 1.01. The summed E-state index contributed by atoms with van der Waals surface area (Å²) < 4.78 is 33.1. The van der Waals surface area contributed by atoms with Gasteiger partial charge in [0, 0.05) is 28.6 Å². The maximum absolute atomic E-state index is 14.1. The van der Waals surface area contributed by atoms with Crippen molar-refractivity contribution in [3.8, 4) is 5.75 Å². The number of ether oxygens (including phenoxy) is 3. The van der Waals surface area contributed by atoms with Gasteiger partial charge in [0.1, 0.15) is 23.8 Å². The van der Waals surface area contributed by atoms with Crippen LogP contribution in [-0.4, -0.2) is 15.4 Å². The zero-order chi connectivity index (χ0) is 21.4. The minimum absolute atomic E-state index is 0.146. The van der Waals surface area contributed by atoms with E-state index in [1.54, 1.807) is 6.20 Å². The number of fused-ring (bicyclic) bond motifs is 2. The average Bonchev–Trinajstić information content (AvgIpc) is 3.23. The molecule has 1 unspecified atom stereocenters. The Bertz CT molecular complexity index is 1270. The van der Waals surface area contributed by atoms with Gasteiger partial charge in [-0.25, -0.2) is 14.2 Å². The highest BCUT2D eigenvalue weighted by Crippen LogP contribution is 2.36. The van der Waals surface area contributed by atoms with E-state index < -0.39 is 18.1 Å². The van der Waals surface area contributed by atoms with Gasteiger partial charge in [-0.15, -0.1) is 0 Å². The van der Waals surface area contributed by atoms with Crippen molar-refractivity contribution in [2.75, 3.05) is 0 Å². The lowest BCUT2D eigenvalue weighted by molar-refractivity contribution is -0.112. The van der Waals surface area contributed by atoms with Crippen molar-refractivity contribution < 1.29 is 23.4 Å². The summed E-state index contributed by atoms with van der Waals surface area (Å²) in [5, 5.41) is 0. The van der Waals surface area contributed by atoms with Crippen molar-refractivity contribution in [2.24, 2.45) is 0 Å². The molecule has 0 bridgehead atoms. The van der Waals surface area contributed by atoms with Crippen LogP contribution in [-0.2, 0) is 22.7 Å². The Morgan fingerprint density at radius 2 is 2.03 bits per heavy atom. The molecule has 0 radical (unpaired) electrons. The molecule has 31 heavy (non-hydrogen) atoms. The predicted molar refractivity (Wildman–Crippen MR) is 110 cm³/mol. The van der Waals surface area contributed by atoms with Gasteiger partial charge in [-0.05, 0) is 31.2 Å². The number of esters is 1. The molecule has 7 heteroatoms. The van der Waals surface area contributed by atoms with Crippen molar-refractivity contribution >= 4 is 11.6 Å². The summed E-state index contributed by atoms with van der Waals surface area (Å²) in [4.78, 5) is 16.9. The molecular weight excluding hydrogens is 399 g/mol. The molecule has 1 aliphatic heterocycles. The van der Waals surface area contributed by atoms with E-state index in [1.165, 1.54) is 12.1 Å². The number of aromatic nitrogens is 2.